The summed E-state index contributed by atoms with van der Waals surface area (Å²) >= 11 is 0. The second-order valence-electron chi connectivity index (χ2n) is 5.06. The number of fused-ring (bicyclic) bond motifs is 1. The molecule has 0 radical (unpaired) electrons. The molecule has 1 aromatic carbocycles. The van der Waals surface area contributed by atoms with Crippen molar-refractivity contribution in [2.24, 2.45) is 0 Å². The highest BCUT2D eigenvalue weighted by Gasteiger charge is 2.27. The summed E-state index contributed by atoms with van der Waals surface area (Å²) in [5.41, 5.74) is 0.858. The van der Waals surface area contributed by atoms with Gasteiger partial charge in [-0.1, -0.05) is 6.07 Å². The topological polar surface area (TPSA) is 67.9 Å². The fraction of sp³-hybridized carbons (Fsp3) is 0.538. The molecule has 0 spiro atoms. The molecule has 1 unspecified atom stereocenters. The molecule has 2 aliphatic rings. The largest absolute Gasteiger partial charge is 0.454 e. The lowest BCUT2D eigenvalue weighted by molar-refractivity contribution is 0.174. The van der Waals surface area contributed by atoms with Crippen molar-refractivity contribution in [3.63, 3.8) is 0 Å². The monoisotopic (exact) mass is 298 g/mol. The number of benzene rings is 1. The van der Waals surface area contributed by atoms with Gasteiger partial charge in [-0.15, -0.1) is 0 Å². The van der Waals surface area contributed by atoms with Gasteiger partial charge in [0.1, 0.15) is 0 Å². The molecule has 110 valence electrons. The Morgan fingerprint density at radius 1 is 1.20 bits per heavy atom. The fourth-order valence-corrected chi connectivity index (χ4v) is 3.95. The molecule has 2 heterocycles. The quantitative estimate of drug-likeness (QED) is 0.912. The van der Waals surface area contributed by atoms with E-state index >= 15 is 0 Å². The van der Waals surface area contributed by atoms with Gasteiger partial charge < -0.3 is 9.47 Å². The lowest BCUT2D eigenvalue weighted by Crippen LogP contribution is -2.40. The minimum absolute atomic E-state index is 0.215. The van der Waals surface area contributed by atoms with Crippen LogP contribution >= 0.6 is 0 Å². The van der Waals surface area contributed by atoms with Gasteiger partial charge in [0.15, 0.2) is 11.5 Å². The molecule has 1 fully saturated rings. The molecule has 0 bridgehead atoms. The molecule has 0 saturated carbocycles. The summed E-state index contributed by atoms with van der Waals surface area (Å²) in [5.74, 6) is 1.36. The summed E-state index contributed by atoms with van der Waals surface area (Å²) in [7, 11) is -3.41. The smallest absolute Gasteiger partial charge is 0.279 e. The van der Waals surface area contributed by atoms with E-state index in [9.17, 15) is 8.42 Å². The molecule has 1 atom stereocenters. The minimum atomic E-state index is -3.41. The van der Waals surface area contributed by atoms with Crippen LogP contribution in [0.15, 0.2) is 18.2 Å². The zero-order valence-electron chi connectivity index (χ0n) is 11.3. The lowest BCUT2D eigenvalue weighted by Gasteiger charge is -2.20. The summed E-state index contributed by atoms with van der Waals surface area (Å²) in [5, 5.41) is 0. The average Bonchev–Trinajstić information content (AvgIpc) is 3.09. The molecular weight excluding hydrogens is 280 g/mol. The zero-order chi connectivity index (χ0) is 14.2. The Morgan fingerprint density at radius 3 is 2.65 bits per heavy atom. The number of hydrogen-bond donors (Lipinski definition) is 1. The van der Waals surface area contributed by atoms with Gasteiger partial charge >= 0.3 is 0 Å². The van der Waals surface area contributed by atoms with Crippen molar-refractivity contribution < 1.29 is 17.9 Å². The van der Waals surface area contributed by atoms with Crippen LogP contribution in [0.4, 0.5) is 0 Å². The van der Waals surface area contributed by atoms with Crippen LogP contribution in [-0.2, 0) is 10.2 Å². The molecule has 1 aromatic rings. The van der Waals surface area contributed by atoms with Crippen LogP contribution < -0.4 is 14.2 Å². The SMILES string of the molecule is CC(NS(=O)(=O)N1CCCC1)c1ccc2c(c1)OCO2. The van der Waals surface area contributed by atoms with Gasteiger partial charge in [0.25, 0.3) is 10.2 Å². The Bertz CT molecular complexity index is 596. The van der Waals surface area contributed by atoms with Crippen LogP contribution in [0.25, 0.3) is 0 Å². The maximum absolute atomic E-state index is 12.2. The van der Waals surface area contributed by atoms with E-state index in [0.29, 0.717) is 24.6 Å². The van der Waals surface area contributed by atoms with E-state index in [2.05, 4.69) is 4.72 Å². The number of nitrogens with one attached hydrogen (secondary N) is 1. The van der Waals surface area contributed by atoms with Gasteiger partial charge in [0.2, 0.25) is 6.79 Å². The predicted octanol–water partition coefficient (Wildman–Crippen LogP) is 1.41. The average molecular weight is 298 g/mol. The maximum Gasteiger partial charge on any atom is 0.279 e. The van der Waals surface area contributed by atoms with Crippen molar-refractivity contribution in [3.8, 4) is 11.5 Å². The van der Waals surface area contributed by atoms with Crippen LogP contribution in [0.1, 0.15) is 31.4 Å². The third-order valence-electron chi connectivity index (χ3n) is 3.63. The third-order valence-corrected chi connectivity index (χ3v) is 5.32. The van der Waals surface area contributed by atoms with Gasteiger partial charge in [0, 0.05) is 19.1 Å². The number of rotatable bonds is 4. The van der Waals surface area contributed by atoms with E-state index in [1.54, 1.807) is 6.07 Å². The first kappa shape index (κ1) is 13.7. The summed E-state index contributed by atoms with van der Waals surface area (Å²) in [6.45, 7) is 3.24. The van der Waals surface area contributed by atoms with Gasteiger partial charge in [-0.25, -0.2) is 0 Å². The van der Waals surface area contributed by atoms with E-state index in [1.807, 2.05) is 19.1 Å². The van der Waals surface area contributed by atoms with E-state index in [-0.39, 0.29) is 12.8 Å². The molecule has 0 aliphatic carbocycles. The van der Waals surface area contributed by atoms with Crippen LogP contribution in [0.2, 0.25) is 0 Å². The van der Waals surface area contributed by atoms with Crippen LogP contribution in [-0.4, -0.2) is 32.6 Å². The van der Waals surface area contributed by atoms with Crippen molar-refractivity contribution in [1.82, 2.24) is 9.03 Å². The summed E-state index contributed by atoms with van der Waals surface area (Å²) < 4.78 is 39.2. The second-order valence-corrected chi connectivity index (χ2v) is 6.77. The van der Waals surface area contributed by atoms with Crippen molar-refractivity contribution in [3.05, 3.63) is 23.8 Å². The molecule has 6 nitrogen and oxygen atoms in total. The van der Waals surface area contributed by atoms with Crippen molar-refractivity contribution in [1.29, 1.82) is 0 Å². The molecular formula is C13H18N2O4S. The number of ether oxygens (including phenoxy) is 2. The standard InChI is InChI=1S/C13H18N2O4S/c1-10(14-20(16,17)15-6-2-3-7-15)11-4-5-12-13(8-11)19-9-18-12/h4-5,8,10,14H,2-3,6-7,9H2,1H3. The first-order valence-electron chi connectivity index (χ1n) is 6.73. The first-order chi connectivity index (χ1) is 9.56. The molecule has 3 rings (SSSR count). The second kappa shape index (κ2) is 5.23. The zero-order valence-corrected chi connectivity index (χ0v) is 12.1. The highest BCUT2D eigenvalue weighted by molar-refractivity contribution is 7.87. The Kier molecular flexibility index (Phi) is 3.57. The van der Waals surface area contributed by atoms with Crippen molar-refractivity contribution in [2.75, 3.05) is 19.9 Å². The minimum Gasteiger partial charge on any atom is -0.454 e. The molecule has 2 aliphatic heterocycles. The van der Waals surface area contributed by atoms with Crippen LogP contribution in [0.3, 0.4) is 0 Å². The van der Waals surface area contributed by atoms with E-state index in [0.717, 1.165) is 18.4 Å². The molecule has 1 N–H and O–H groups in total. The number of hydrogen-bond acceptors (Lipinski definition) is 4. The normalized spacial score (nSPS) is 20.2. The molecule has 1 saturated heterocycles. The highest BCUT2D eigenvalue weighted by atomic mass is 32.2. The Labute approximate surface area is 118 Å². The van der Waals surface area contributed by atoms with Gasteiger partial charge in [-0.2, -0.15) is 17.4 Å². The van der Waals surface area contributed by atoms with Crippen molar-refractivity contribution in [2.45, 2.75) is 25.8 Å². The van der Waals surface area contributed by atoms with Crippen LogP contribution in [0, 0.1) is 0 Å². The summed E-state index contributed by atoms with van der Waals surface area (Å²) in [4.78, 5) is 0. The van der Waals surface area contributed by atoms with Crippen molar-refractivity contribution >= 4 is 10.2 Å². The van der Waals surface area contributed by atoms with Gasteiger partial charge in [-0.05, 0) is 37.5 Å². The molecule has 0 aromatic heterocycles. The molecule has 7 heteroatoms. The third kappa shape index (κ3) is 2.61. The van der Waals surface area contributed by atoms with Gasteiger partial charge in [-0.3, -0.25) is 0 Å². The van der Waals surface area contributed by atoms with E-state index < -0.39 is 10.2 Å². The first-order valence-corrected chi connectivity index (χ1v) is 8.17. The summed E-state index contributed by atoms with van der Waals surface area (Å²) in [6.07, 6.45) is 1.86. The van der Waals surface area contributed by atoms with E-state index in [4.69, 9.17) is 9.47 Å². The Morgan fingerprint density at radius 2 is 1.90 bits per heavy atom. The summed E-state index contributed by atoms with van der Waals surface area (Å²) in [6, 6.07) is 5.16. The fourth-order valence-electron chi connectivity index (χ4n) is 2.48. The Balaban J connectivity index is 1.74. The molecule has 20 heavy (non-hydrogen) atoms. The maximum atomic E-state index is 12.2. The molecule has 0 amide bonds. The van der Waals surface area contributed by atoms with Gasteiger partial charge in [0.05, 0.1) is 0 Å². The van der Waals surface area contributed by atoms with E-state index in [1.165, 1.54) is 4.31 Å². The predicted molar refractivity (Wildman–Crippen MR) is 73.8 cm³/mol. The van der Waals surface area contributed by atoms with Crippen LogP contribution in [0.5, 0.6) is 11.5 Å². The lowest BCUT2D eigenvalue weighted by atomic mass is 10.1. The number of nitrogens with zero attached hydrogens (tertiary/aromatic N) is 1. The highest BCUT2D eigenvalue weighted by Crippen LogP contribution is 2.34. The Hall–Kier alpha value is -1.31.